The van der Waals surface area contributed by atoms with E-state index < -0.39 is 6.10 Å². The van der Waals surface area contributed by atoms with Gasteiger partial charge < -0.3 is 20.5 Å². The van der Waals surface area contributed by atoms with Crippen molar-refractivity contribution >= 4 is 29.7 Å². The van der Waals surface area contributed by atoms with E-state index in [4.69, 9.17) is 14.7 Å². The summed E-state index contributed by atoms with van der Waals surface area (Å²) in [4.78, 5) is 15.5. The van der Waals surface area contributed by atoms with Crippen LogP contribution in [-0.4, -0.2) is 58.5 Å². The Kier molecular flexibility index (Phi) is 6.13. The van der Waals surface area contributed by atoms with Gasteiger partial charge in [-0.3, -0.25) is 0 Å². The third kappa shape index (κ3) is 3.89. The summed E-state index contributed by atoms with van der Waals surface area (Å²) in [7, 11) is 0. The number of nitrogens with zero attached hydrogens (tertiary/aromatic N) is 3. The van der Waals surface area contributed by atoms with Crippen LogP contribution < -0.4 is 10.6 Å². The van der Waals surface area contributed by atoms with E-state index in [-0.39, 0.29) is 18.4 Å². The third-order valence-corrected chi connectivity index (χ3v) is 7.02. The predicted molar refractivity (Wildman–Crippen MR) is 111 cm³/mol. The molecule has 3 N–H and O–H groups in total. The summed E-state index contributed by atoms with van der Waals surface area (Å²) in [6, 6.07) is -0.0633. The molecule has 0 aromatic carbocycles. The van der Waals surface area contributed by atoms with Gasteiger partial charge in [-0.25, -0.2) is 15.0 Å². The molecule has 5 rings (SSSR count). The average Bonchev–Trinajstić information content (AvgIpc) is 3.15. The Morgan fingerprint density at radius 3 is 2.86 bits per heavy atom. The monoisotopic (exact) mass is 423 g/mol. The van der Waals surface area contributed by atoms with Crippen molar-refractivity contribution in [3.63, 3.8) is 0 Å². The summed E-state index contributed by atoms with van der Waals surface area (Å²) in [6.07, 6.45) is 6.41. The minimum Gasteiger partial charge on any atom is -0.389 e. The highest BCUT2D eigenvalue weighted by Gasteiger charge is 2.28. The van der Waals surface area contributed by atoms with E-state index in [0.29, 0.717) is 25.1 Å². The second kappa shape index (κ2) is 8.59. The van der Waals surface area contributed by atoms with Crippen molar-refractivity contribution in [1.82, 2.24) is 20.3 Å². The molecule has 2 aromatic rings. The van der Waals surface area contributed by atoms with Crippen LogP contribution in [0.5, 0.6) is 0 Å². The summed E-state index contributed by atoms with van der Waals surface area (Å²) >= 11 is 1.81. The molecule has 0 radical (unpaired) electrons. The Bertz CT molecular complexity index is 827. The number of ether oxygens (including phenoxy) is 1. The smallest absolute Gasteiger partial charge is 0.223 e. The van der Waals surface area contributed by atoms with Crippen LogP contribution in [0.1, 0.15) is 41.4 Å². The maximum Gasteiger partial charge on any atom is 0.223 e. The Hall–Kier alpha value is -1.32. The molecule has 28 heavy (non-hydrogen) atoms. The van der Waals surface area contributed by atoms with Crippen LogP contribution in [0.25, 0.3) is 10.6 Å². The largest absolute Gasteiger partial charge is 0.389 e. The van der Waals surface area contributed by atoms with E-state index in [1.807, 2.05) is 17.5 Å². The molecule has 4 heterocycles. The molecule has 9 heteroatoms. The number of fused-ring (bicyclic) bond motifs is 3. The van der Waals surface area contributed by atoms with Gasteiger partial charge in [0.2, 0.25) is 5.95 Å². The lowest BCUT2D eigenvalue weighted by atomic mass is 9.98. The molecule has 152 valence electrons. The van der Waals surface area contributed by atoms with Gasteiger partial charge >= 0.3 is 0 Å². The molecule has 2 aliphatic heterocycles. The SMILES string of the molecule is Cl.O[C@@H]1COCC[C@H]1Nc1ncc2c(n1)-c1sc(C3CCNCC3)nc1CC2. The van der Waals surface area contributed by atoms with Crippen molar-refractivity contribution < 1.29 is 9.84 Å². The molecule has 0 bridgehead atoms. The average molecular weight is 424 g/mol. The number of hydrogen-bond donors (Lipinski definition) is 3. The molecule has 0 saturated carbocycles. The third-order valence-electron chi connectivity index (χ3n) is 5.75. The number of hydrogen-bond acceptors (Lipinski definition) is 8. The second-order valence-corrected chi connectivity index (χ2v) is 8.63. The van der Waals surface area contributed by atoms with Gasteiger partial charge in [0.1, 0.15) is 0 Å². The van der Waals surface area contributed by atoms with Crippen LogP contribution in [0.4, 0.5) is 5.95 Å². The first-order chi connectivity index (χ1) is 13.3. The lowest BCUT2D eigenvalue weighted by Crippen LogP contribution is -2.42. The first-order valence-electron chi connectivity index (χ1n) is 9.87. The number of halogens is 1. The molecule has 0 amide bonds. The number of aromatic nitrogens is 3. The van der Waals surface area contributed by atoms with Crippen molar-refractivity contribution in [2.75, 3.05) is 31.6 Å². The van der Waals surface area contributed by atoms with Crippen LogP contribution >= 0.6 is 23.7 Å². The highest BCUT2D eigenvalue weighted by atomic mass is 35.5. The number of thiazole rings is 1. The van der Waals surface area contributed by atoms with E-state index in [2.05, 4.69) is 15.6 Å². The van der Waals surface area contributed by atoms with Gasteiger partial charge in [0.15, 0.2) is 0 Å². The number of nitrogens with one attached hydrogen (secondary N) is 2. The molecule has 3 aliphatic rings. The summed E-state index contributed by atoms with van der Waals surface area (Å²) in [5, 5.41) is 18.1. The fraction of sp³-hybridized carbons (Fsp3) is 0.632. The highest BCUT2D eigenvalue weighted by Crippen LogP contribution is 2.40. The fourth-order valence-corrected chi connectivity index (χ4v) is 5.44. The van der Waals surface area contributed by atoms with Crippen molar-refractivity contribution in [3.8, 4) is 10.6 Å². The summed E-state index contributed by atoms with van der Waals surface area (Å²) in [6.45, 7) is 3.17. The number of piperidine rings is 1. The number of rotatable bonds is 3. The molecular weight excluding hydrogens is 398 g/mol. The molecule has 0 unspecified atom stereocenters. The summed E-state index contributed by atoms with van der Waals surface area (Å²) in [5.74, 6) is 1.16. The van der Waals surface area contributed by atoms with Crippen LogP contribution in [0, 0.1) is 0 Å². The Morgan fingerprint density at radius 1 is 1.18 bits per heavy atom. The van der Waals surface area contributed by atoms with Gasteiger partial charge in [-0.15, -0.1) is 23.7 Å². The van der Waals surface area contributed by atoms with E-state index in [1.165, 1.54) is 21.1 Å². The normalized spacial score (nSPS) is 24.8. The quantitative estimate of drug-likeness (QED) is 0.696. The van der Waals surface area contributed by atoms with E-state index in [9.17, 15) is 5.11 Å². The molecule has 0 spiro atoms. The van der Waals surface area contributed by atoms with Crippen LogP contribution in [0.2, 0.25) is 0 Å². The number of aryl methyl sites for hydroxylation is 2. The van der Waals surface area contributed by atoms with Crippen LogP contribution in [-0.2, 0) is 17.6 Å². The topological polar surface area (TPSA) is 92.2 Å². The lowest BCUT2D eigenvalue weighted by Gasteiger charge is -2.28. The first kappa shape index (κ1) is 20.0. The van der Waals surface area contributed by atoms with Crippen molar-refractivity contribution in [1.29, 1.82) is 0 Å². The van der Waals surface area contributed by atoms with Gasteiger partial charge in [0.05, 0.1) is 40.0 Å². The Balaban J connectivity index is 0.00000192. The molecule has 1 aliphatic carbocycles. The number of aliphatic hydroxyl groups is 1. The molecule has 2 atom stereocenters. The molecular formula is C19H26ClN5O2S. The number of aliphatic hydroxyl groups excluding tert-OH is 1. The zero-order valence-corrected chi connectivity index (χ0v) is 17.3. The van der Waals surface area contributed by atoms with Crippen molar-refractivity contribution in [2.45, 2.75) is 50.2 Å². The maximum absolute atomic E-state index is 10.1. The van der Waals surface area contributed by atoms with Gasteiger partial charge in [0.25, 0.3) is 0 Å². The van der Waals surface area contributed by atoms with Crippen molar-refractivity contribution in [3.05, 3.63) is 22.5 Å². The fourth-order valence-electron chi connectivity index (χ4n) is 4.13. The predicted octanol–water partition coefficient (Wildman–Crippen LogP) is 2.15. The first-order valence-corrected chi connectivity index (χ1v) is 10.7. The molecule has 2 aromatic heterocycles. The van der Waals surface area contributed by atoms with Crippen LogP contribution in [0.15, 0.2) is 6.20 Å². The van der Waals surface area contributed by atoms with Gasteiger partial charge in [-0.1, -0.05) is 0 Å². The summed E-state index contributed by atoms with van der Waals surface area (Å²) < 4.78 is 5.31. The minimum atomic E-state index is -0.524. The van der Waals surface area contributed by atoms with Gasteiger partial charge in [0, 0.05) is 18.7 Å². The molecule has 2 saturated heterocycles. The molecule has 7 nitrogen and oxygen atoms in total. The van der Waals surface area contributed by atoms with Crippen LogP contribution in [0.3, 0.4) is 0 Å². The van der Waals surface area contributed by atoms with Gasteiger partial charge in [-0.05, 0) is 50.8 Å². The lowest BCUT2D eigenvalue weighted by molar-refractivity contribution is -0.0136. The zero-order chi connectivity index (χ0) is 18.2. The van der Waals surface area contributed by atoms with E-state index >= 15 is 0 Å². The van der Waals surface area contributed by atoms with E-state index in [0.717, 1.165) is 50.9 Å². The van der Waals surface area contributed by atoms with E-state index in [1.54, 1.807) is 0 Å². The molecule has 2 fully saturated rings. The van der Waals surface area contributed by atoms with Gasteiger partial charge in [-0.2, -0.15) is 0 Å². The summed E-state index contributed by atoms with van der Waals surface area (Å²) in [5.41, 5.74) is 3.41. The second-order valence-electron chi connectivity index (χ2n) is 7.60. The van der Waals surface area contributed by atoms with Crippen molar-refractivity contribution in [2.24, 2.45) is 0 Å². The standard InChI is InChI=1S/C19H25N5O2S.ClH/c25-15-10-26-8-5-13(15)23-19-21-9-12-1-2-14-17(16(12)24-19)27-18(22-14)11-3-6-20-7-4-11;/h9,11,13,15,20,25H,1-8,10H2,(H,21,23,24);1H/t13-,15-;/m1./s1. The minimum absolute atomic E-state index is 0. The Morgan fingerprint density at radius 2 is 2.04 bits per heavy atom. The Labute approximate surface area is 174 Å². The zero-order valence-electron chi connectivity index (χ0n) is 15.7. The number of anilines is 1. The highest BCUT2D eigenvalue weighted by molar-refractivity contribution is 7.15. The maximum atomic E-state index is 10.1.